The van der Waals surface area contributed by atoms with Gasteiger partial charge in [-0.15, -0.1) is 0 Å². The molecule has 0 N–H and O–H groups in total. The van der Waals surface area contributed by atoms with E-state index >= 15 is 0 Å². The van der Waals surface area contributed by atoms with Crippen LogP contribution in [-0.4, -0.2) is 26.9 Å². The minimum absolute atomic E-state index is 0.148. The van der Waals surface area contributed by atoms with Gasteiger partial charge >= 0.3 is 6.18 Å². The fourth-order valence-electron chi connectivity index (χ4n) is 4.13. The van der Waals surface area contributed by atoms with Crippen LogP contribution in [0.25, 0.3) is 5.69 Å². The van der Waals surface area contributed by atoms with Gasteiger partial charge in [-0.2, -0.15) is 13.2 Å². The third-order valence-electron chi connectivity index (χ3n) is 5.65. The summed E-state index contributed by atoms with van der Waals surface area (Å²) in [6.45, 7) is 8.23. The molecule has 1 atom stereocenters. The molecular weight excluding hydrogens is 451 g/mol. The molecule has 3 aromatic rings. The lowest BCUT2D eigenvalue weighted by Crippen LogP contribution is -2.39. The molecule has 1 unspecified atom stereocenters. The number of hydrogen-bond acceptors (Lipinski definition) is 2. The van der Waals surface area contributed by atoms with Gasteiger partial charge in [0.05, 0.1) is 27.9 Å². The molecule has 0 saturated heterocycles. The van der Waals surface area contributed by atoms with Crippen LogP contribution in [0.4, 0.5) is 13.2 Å². The predicted octanol–water partition coefficient (Wildman–Crippen LogP) is 6.89. The lowest BCUT2D eigenvalue weighted by atomic mass is 10.0. The molecule has 8 heteroatoms. The van der Waals surface area contributed by atoms with Gasteiger partial charge in [-0.25, -0.2) is 4.98 Å². The molecule has 2 aromatic carbocycles. The maximum atomic E-state index is 13.2. The summed E-state index contributed by atoms with van der Waals surface area (Å²) in [6, 6.07) is 12.9. The number of benzene rings is 2. The number of alkyl halides is 3. The van der Waals surface area contributed by atoms with Gasteiger partial charge in [0.2, 0.25) is 0 Å². The summed E-state index contributed by atoms with van der Waals surface area (Å²) >= 11 is 6.00. The maximum absolute atomic E-state index is 13.2. The molecule has 0 saturated carbocycles. The SMILES string of the molecule is CC.CCc1nc2c(n1-c1ccccc1)CCN(C(=O)c1cccc(C(F)(F)F)c1Cl)C2C. The molecule has 0 spiro atoms. The molecule has 1 aliphatic rings. The number of carbonyl (C=O) groups is 1. The van der Waals surface area contributed by atoms with Crippen LogP contribution in [0.2, 0.25) is 5.02 Å². The molecule has 1 amide bonds. The van der Waals surface area contributed by atoms with Crippen molar-refractivity contribution in [1.29, 1.82) is 0 Å². The molecule has 0 bridgehead atoms. The highest BCUT2D eigenvalue weighted by atomic mass is 35.5. The number of imidazole rings is 1. The number of hydrogen-bond donors (Lipinski definition) is 0. The summed E-state index contributed by atoms with van der Waals surface area (Å²) in [5.74, 6) is 0.357. The normalized spacial score (nSPS) is 15.5. The van der Waals surface area contributed by atoms with Gasteiger partial charge in [0, 0.05) is 30.8 Å². The molecule has 0 fully saturated rings. The van der Waals surface area contributed by atoms with E-state index in [1.54, 1.807) is 4.90 Å². The Hall–Kier alpha value is -2.80. The number of aryl methyl sites for hydroxylation is 1. The second kappa shape index (κ2) is 10.00. The molecule has 1 aromatic heterocycles. The standard InChI is InChI=1S/C23H21ClF3N3O.C2H6/c1-3-19-28-21-14(2)29(13-12-18(21)30(19)15-8-5-4-6-9-15)22(31)16-10-7-11-17(20(16)24)23(25,26)27;1-2/h4-11,14H,3,12-13H2,1-2H3;1-2H3. The first-order chi connectivity index (χ1) is 15.7. The fourth-order valence-corrected chi connectivity index (χ4v) is 4.45. The van der Waals surface area contributed by atoms with Gasteiger partial charge in [-0.05, 0) is 31.2 Å². The predicted molar refractivity (Wildman–Crippen MR) is 124 cm³/mol. The Labute approximate surface area is 197 Å². The summed E-state index contributed by atoms with van der Waals surface area (Å²) < 4.78 is 41.8. The summed E-state index contributed by atoms with van der Waals surface area (Å²) in [7, 11) is 0. The number of para-hydroxylation sites is 1. The molecular formula is C25H27ClF3N3O. The van der Waals surface area contributed by atoms with Crippen molar-refractivity contribution in [3.63, 3.8) is 0 Å². The first-order valence-corrected chi connectivity index (χ1v) is 11.4. The van der Waals surface area contributed by atoms with E-state index in [2.05, 4.69) is 4.57 Å². The Morgan fingerprint density at radius 3 is 2.39 bits per heavy atom. The van der Waals surface area contributed by atoms with E-state index in [0.717, 1.165) is 29.0 Å². The molecule has 2 heterocycles. The summed E-state index contributed by atoms with van der Waals surface area (Å²) in [4.78, 5) is 19.5. The molecule has 33 heavy (non-hydrogen) atoms. The van der Waals surface area contributed by atoms with E-state index in [0.29, 0.717) is 19.4 Å². The maximum Gasteiger partial charge on any atom is 0.417 e. The number of rotatable bonds is 3. The Balaban J connectivity index is 0.00000149. The molecule has 4 rings (SSSR count). The lowest BCUT2D eigenvalue weighted by Gasteiger charge is -2.33. The highest BCUT2D eigenvalue weighted by molar-refractivity contribution is 6.34. The third-order valence-corrected chi connectivity index (χ3v) is 6.06. The van der Waals surface area contributed by atoms with Crippen molar-refractivity contribution in [2.24, 2.45) is 0 Å². The third kappa shape index (κ3) is 4.64. The molecule has 0 radical (unpaired) electrons. The zero-order valence-corrected chi connectivity index (χ0v) is 19.8. The molecule has 4 nitrogen and oxygen atoms in total. The number of fused-ring (bicyclic) bond motifs is 1. The number of amides is 1. The van der Waals surface area contributed by atoms with Crippen molar-refractivity contribution in [2.75, 3.05) is 6.54 Å². The van der Waals surface area contributed by atoms with Crippen molar-refractivity contribution >= 4 is 17.5 Å². The van der Waals surface area contributed by atoms with E-state index in [-0.39, 0.29) is 5.56 Å². The molecule has 176 valence electrons. The first-order valence-electron chi connectivity index (χ1n) is 11.1. The smallest absolute Gasteiger partial charge is 0.330 e. The van der Waals surface area contributed by atoms with Crippen molar-refractivity contribution in [2.45, 2.75) is 52.8 Å². The van der Waals surface area contributed by atoms with Gasteiger partial charge < -0.3 is 9.47 Å². The monoisotopic (exact) mass is 477 g/mol. The van der Waals surface area contributed by atoms with Gasteiger partial charge in [0.15, 0.2) is 0 Å². The van der Waals surface area contributed by atoms with Gasteiger partial charge in [0.1, 0.15) is 5.82 Å². The molecule has 0 aliphatic carbocycles. The molecule has 1 aliphatic heterocycles. The first kappa shape index (κ1) is 24.8. The van der Waals surface area contributed by atoms with Crippen LogP contribution in [0.5, 0.6) is 0 Å². The Kier molecular flexibility index (Phi) is 7.52. The van der Waals surface area contributed by atoms with E-state index in [1.165, 1.54) is 12.1 Å². The van der Waals surface area contributed by atoms with E-state index < -0.39 is 28.7 Å². The summed E-state index contributed by atoms with van der Waals surface area (Å²) in [6.07, 6.45) is -3.37. The van der Waals surface area contributed by atoms with Crippen LogP contribution in [0.3, 0.4) is 0 Å². The van der Waals surface area contributed by atoms with Crippen LogP contribution in [0, 0.1) is 0 Å². The number of carbonyl (C=O) groups excluding carboxylic acids is 1. The number of nitrogens with zero attached hydrogens (tertiary/aromatic N) is 3. The Morgan fingerprint density at radius 2 is 1.79 bits per heavy atom. The van der Waals surface area contributed by atoms with Crippen molar-refractivity contribution < 1.29 is 18.0 Å². The highest BCUT2D eigenvalue weighted by Gasteiger charge is 2.37. The van der Waals surface area contributed by atoms with Crippen LogP contribution in [-0.2, 0) is 19.0 Å². The quantitative estimate of drug-likeness (QED) is 0.412. The summed E-state index contributed by atoms with van der Waals surface area (Å²) in [5, 5.41) is -0.568. The minimum atomic E-state index is -4.63. The average Bonchev–Trinajstić information content (AvgIpc) is 3.20. The van der Waals surface area contributed by atoms with Gasteiger partial charge in [0.25, 0.3) is 5.91 Å². The van der Waals surface area contributed by atoms with Gasteiger partial charge in [-0.3, -0.25) is 4.79 Å². The Bertz CT molecular complexity index is 1130. The summed E-state index contributed by atoms with van der Waals surface area (Å²) in [5.41, 5.74) is 1.64. The van der Waals surface area contributed by atoms with Gasteiger partial charge in [-0.1, -0.05) is 56.6 Å². The van der Waals surface area contributed by atoms with Crippen molar-refractivity contribution in [3.05, 3.63) is 81.9 Å². The largest absolute Gasteiger partial charge is 0.417 e. The van der Waals surface area contributed by atoms with Crippen molar-refractivity contribution in [3.8, 4) is 5.69 Å². The zero-order chi connectivity index (χ0) is 24.3. The Morgan fingerprint density at radius 1 is 1.12 bits per heavy atom. The van der Waals surface area contributed by atoms with E-state index in [9.17, 15) is 18.0 Å². The zero-order valence-electron chi connectivity index (χ0n) is 19.1. The van der Waals surface area contributed by atoms with E-state index in [1.807, 2.05) is 58.0 Å². The number of aromatic nitrogens is 2. The second-order valence-corrected chi connectivity index (χ2v) is 7.85. The van der Waals surface area contributed by atoms with Crippen LogP contribution >= 0.6 is 11.6 Å². The average molecular weight is 478 g/mol. The van der Waals surface area contributed by atoms with Crippen LogP contribution in [0.1, 0.15) is 66.9 Å². The number of halogens is 4. The highest BCUT2D eigenvalue weighted by Crippen LogP contribution is 2.38. The lowest BCUT2D eigenvalue weighted by molar-refractivity contribution is -0.137. The topological polar surface area (TPSA) is 38.1 Å². The second-order valence-electron chi connectivity index (χ2n) is 7.47. The minimum Gasteiger partial charge on any atom is -0.330 e. The fraction of sp³-hybridized carbons (Fsp3) is 0.360. The van der Waals surface area contributed by atoms with E-state index in [4.69, 9.17) is 16.6 Å². The van der Waals surface area contributed by atoms with Crippen molar-refractivity contribution in [1.82, 2.24) is 14.5 Å². The van der Waals surface area contributed by atoms with Crippen LogP contribution in [0.15, 0.2) is 48.5 Å². The van der Waals surface area contributed by atoms with Crippen LogP contribution < -0.4 is 0 Å².